The Labute approximate surface area is 158 Å². The Morgan fingerprint density at radius 1 is 0.815 bits per heavy atom. The lowest BCUT2D eigenvalue weighted by Gasteiger charge is -2.10. The van der Waals surface area contributed by atoms with E-state index < -0.39 is 5.97 Å². The van der Waals surface area contributed by atoms with Gasteiger partial charge in [0.25, 0.3) is 0 Å². The minimum atomic E-state index is -0.455. The molecule has 27 heavy (non-hydrogen) atoms. The molecule has 0 saturated carbocycles. The summed E-state index contributed by atoms with van der Waals surface area (Å²) in [4.78, 5) is 12.1. The summed E-state index contributed by atoms with van der Waals surface area (Å²) in [6, 6.07) is 20.4. The van der Waals surface area contributed by atoms with Crippen LogP contribution in [-0.2, 0) is 9.53 Å². The van der Waals surface area contributed by atoms with Gasteiger partial charge >= 0.3 is 5.97 Å². The summed E-state index contributed by atoms with van der Waals surface area (Å²) in [5.41, 5.74) is 0. The highest BCUT2D eigenvalue weighted by atomic mass is 16.6. The van der Waals surface area contributed by atoms with Crippen molar-refractivity contribution in [3.8, 4) is 17.2 Å². The lowest BCUT2D eigenvalue weighted by Crippen LogP contribution is -2.17. The lowest BCUT2D eigenvalue weighted by molar-refractivity contribution is -0.136. The van der Waals surface area contributed by atoms with E-state index in [2.05, 4.69) is 0 Å². The molecular formula is C22H22O5. The summed E-state index contributed by atoms with van der Waals surface area (Å²) in [5, 5.41) is 1.91. The molecule has 0 fully saturated rings. The van der Waals surface area contributed by atoms with Crippen LogP contribution in [0.4, 0.5) is 0 Å². The van der Waals surface area contributed by atoms with E-state index in [0.29, 0.717) is 31.3 Å². The zero-order chi connectivity index (χ0) is 18.9. The van der Waals surface area contributed by atoms with Crippen LogP contribution in [0.2, 0.25) is 0 Å². The molecule has 0 amide bonds. The van der Waals surface area contributed by atoms with E-state index in [1.807, 2.05) is 43.3 Å². The number of hydrogen-bond acceptors (Lipinski definition) is 5. The maximum absolute atomic E-state index is 12.1. The predicted octanol–water partition coefficient (Wildman–Crippen LogP) is 4.24. The quantitative estimate of drug-likeness (QED) is 0.322. The largest absolute Gasteiger partial charge is 0.491 e. The average Bonchev–Trinajstić information content (AvgIpc) is 2.71. The van der Waals surface area contributed by atoms with Gasteiger partial charge in [-0.05, 0) is 42.6 Å². The Hall–Kier alpha value is -3.05. The fourth-order valence-electron chi connectivity index (χ4n) is 2.57. The van der Waals surface area contributed by atoms with Crippen LogP contribution >= 0.6 is 0 Å². The van der Waals surface area contributed by atoms with Crippen molar-refractivity contribution < 1.29 is 23.7 Å². The first kappa shape index (κ1) is 18.7. The van der Waals surface area contributed by atoms with Crippen molar-refractivity contribution in [2.75, 3.05) is 26.4 Å². The number of fused-ring (bicyclic) bond motifs is 1. The van der Waals surface area contributed by atoms with Crippen molar-refractivity contribution in [2.24, 2.45) is 0 Å². The van der Waals surface area contributed by atoms with Gasteiger partial charge in [-0.15, -0.1) is 0 Å². The van der Waals surface area contributed by atoms with E-state index in [1.165, 1.54) is 0 Å². The number of rotatable bonds is 9. The Kier molecular flexibility index (Phi) is 6.66. The maximum atomic E-state index is 12.1. The number of carbonyl (C=O) groups is 1. The SMILES string of the molecule is CCOCCOc1ccc(OCC(=O)Oc2cccc3ccccc23)cc1. The molecule has 0 atom stereocenters. The molecule has 0 bridgehead atoms. The Balaban J connectivity index is 1.50. The maximum Gasteiger partial charge on any atom is 0.349 e. The van der Waals surface area contributed by atoms with Gasteiger partial charge in [0.05, 0.1) is 6.61 Å². The van der Waals surface area contributed by atoms with Crippen LogP contribution in [0.25, 0.3) is 10.8 Å². The van der Waals surface area contributed by atoms with E-state index >= 15 is 0 Å². The van der Waals surface area contributed by atoms with Gasteiger partial charge in [-0.25, -0.2) is 4.79 Å². The second kappa shape index (κ2) is 9.59. The third-order valence-electron chi connectivity index (χ3n) is 3.85. The smallest absolute Gasteiger partial charge is 0.349 e. The summed E-state index contributed by atoms with van der Waals surface area (Å²) >= 11 is 0. The molecule has 0 aliphatic heterocycles. The van der Waals surface area contributed by atoms with Crippen LogP contribution in [0.3, 0.4) is 0 Å². The Morgan fingerprint density at radius 3 is 2.30 bits per heavy atom. The van der Waals surface area contributed by atoms with Crippen LogP contribution in [-0.4, -0.2) is 32.4 Å². The van der Waals surface area contributed by atoms with Gasteiger partial charge in [-0.3, -0.25) is 0 Å². The van der Waals surface area contributed by atoms with E-state index in [1.54, 1.807) is 30.3 Å². The number of benzene rings is 3. The van der Waals surface area contributed by atoms with Crippen molar-refractivity contribution in [1.29, 1.82) is 0 Å². The second-order valence-corrected chi connectivity index (χ2v) is 5.76. The molecule has 0 aliphatic carbocycles. The van der Waals surface area contributed by atoms with Gasteiger partial charge in [0.1, 0.15) is 23.9 Å². The van der Waals surface area contributed by atoms with Crippen molar-refractivity contribution >= 4 is 16.7 Å². The topological polar surface area (TPSA) is 54.0 Å². The molecule has 3 aromatic carbocycles. The zero-order valence-electron chi connectivity index (χ0n) is 15.2. The first-order chi connectivity index (χ1) is 13.3. The molecular weight excluding hydrogens is 344 g/mol. The molecule has 140 valence electrons. The fourth-order valence-corrected chi connectivity index (χ4v) is 2.57. The third-order valence-corrected chi connectivity index (χ3v) is 3.85. The first-order valence-corrected chi connectivity index (χ1v) is 8.88. The molecule has 3 rings (SSSR count). The number of carbonyl (C=O) groups excluding carboxylic acids is 1. The normalized spacial score (nSPS) is 10.6. The van der Waals surface area contributed by atoms with Crippen molar-refractivity contribution in [3.05, 3.63) is 66.7 Å². The minimum absolute atomic E-state index is 0.173. The van der Waals surface area contributed by atoms with Gasteiger partial charge < -0.3 is 18.9 Å². The fraction of sp³-hybridized carbons (Fsp3) is 0.227. The molecule has 0 N–H and O–H groups in total. The average molecular weight is 366 g/mol. The molecule has 0 aromatic heterocycles. The molecule has 0 aliphatic rings. The molecule has 0 saturated heterocycles. The Bertz CT molecular complexity index is 868. The molecule has 0 radical (unpaired) electrons. The summed E-state index contributed by atoms with van der Waals surface area (Å²) < 4.78 is 21.7. The monoisotopic (exact) mass is 366 g/mol. The lowest BCUT2D eigenvalue weighted by atomic mass is 10.1. The summed E-state index contributed by atoms with van der Waals surface area (Å²) in [5.74, 6) is 1.37. The van der Waals surface area contributed by atoms with Crippen LogP contribution in [0.1, 0.15) is 6.92 Å². The predicted molar refractivity (Wildman–Crippen MR) is 104 cm³/mol. The van der Waals surface area contributed by atoms with E-state index in [9.17, 15) is 4.79 Å². The summed E-state index contributed by atoms with van der Waals surface area (Å²) in [7, 11) is 0. The molecule has 0 spiro atoms. The Morgan fingerprint density at radius 2 is 1.52 bits per heavy atom. The standard InChI is InChI=1S/C22H22O5/c1-2-24-14-15-25-18-10-12-19(13-11-18)26-16-22(23)27-21-9-5-7-17-6-3-4-8-20(17)21/h3-13H,2,14-16H2,1H3. The second-order valence-electron chi connectivity index (χ2n) is 5.76. The number of ether oxygens (including phenoxy) is 4. The van der Waals surface area contributed by atoms with Crippen molar-refractivity contribution in [1.82, 2.24) is 0 Å². The van der Waals surface area contributed by atoms with Gasteiger partial charge in [-0.1, -0.05) is 36.4 Å². The molecule has 5 heteroatoms. The minimum Gasteiger partial charge on any atom is -0.491 e. The van der Waals surface area contributed by atoms with Gasteiger partial charge in [-0.2, -0.15) is 0 Å². The van der Waals surface area contributed by atoms with E-state index in [0.717, 1.165) is 16.5 Å². The highest BCUT2D eigenvalue weighted by Gasteiger charge is 2.09. The first-order valence-electron chi connectivity index (χ1n) is 8.88. The molecule has 0 unspecified atom stereocenters. The van der Waals surface area contributed by atoms with Gasteiger partial charge in [0, 0.05) is 12.0 Å². The van der Waals surface area contributed by atoms with Crippen molar-refractivity contribution in [3.63, 3.8) is 0 Å². The number of hydrogen-bond donors (Lipinski definition) is 0. The zero-order valence-corrected chi connectivity index (χ0v) is 15.2. The van der Waals surface area contributed by atoms with Crippen LogP contribution in [0.5, 0.6) is 17.2 Å². The van der Waals surface area contributed by atoms with Crippen LogP contribution < -0.4 is 14.2 Å². The van der Waals surface area contributed by atoms with E-state index in [4.69, 9.17) is 18.9 Å². The molecule has 0 heterocycles. The molecule has 5 nitrogen and oxygen atoms in total. The summed E-state index contributed by atoms with van der Waals surface area (Å²) in [6.45, 7) is 3.48. The van der Waals surface area contributed by atoms with Gasteiger partial charge in [0.2, 0.25) is 0 Å². The molecule has 3 aromatic rings. The summed E-state index contributed by atoms with van der Waals surface area (Å²) in [6.07, 6.45) is 0. The third kappa shape index (κ3) is 5.46. The van der Waals surface area contributed by atoms with Crippen LogP contribution in [0, 0.1) is 0 Å². The highest BCUT2D eigenvalue weighted by Crippen LogP contribution is 2.25. The van der Waals surface area contributed by atoms with Gasteiger partial charge in [0.15, 0.2) is 6.61 Å². The highest BCUT2D eigenvalue weighted by molar-refractivity contribution is 5.90. The number of esters is 1. The van der Waals surface area contributed by atoms with Crippen molar-refractivity contribution in [2.45, 2.75) is 6.92 Å². The van der Waals surface area contributed by atoms with E-state index in [-0.39, 0.29) is 6.61 Å². The van der Waals surface area contributed by atoms with Crippen LogP contribution in [0.15, 0.2) is 66.7 Å².